The van der Waals surface area contributed by atoms with Gasteiger partial charge >= 0.3 is 6.18 Å². The zero-order chi connectivity index (χ0) is 17.2. The summed E-state index contributed by atoms with van der Waals surface area (Å²) in [4.78, 5) is 10.9. The van der Waals surface area contributed by atoms with Crippen LogP contribution in [0.5, 0.6) is 0 Å². The van der Waals surface area contributed by atoms with Crippen LogP contribution in [-0.4, -0.2) is 41.0 Å². The molecule has 1 aliphatic rings. The maximum atomic E-state index is 13.2. The van der Waals surface area contributed by atoms with Crippen LogP contribution < -0.4 is 4.90 Å². The summed E-state index contributed by atoms with van der Waals surface area (Å²) in [6.45, 7) is 2.61. The lowest BCUT2D eigenvalue weighted by Crippen LogP contribution is -2.46. The van der Waals surface area contributed by atoms with Crippen LogP contribution in [0.1, 0.15) is 11.3 Å². The minimum Gasteiger partial charge on any atom is -0.369 e. The molecule has 128 valence electrons. The van der Waals surface area contributed by atoms with E-state index < -0.39 is 17.8 Å². The standard InChI is InChI=1S/C16H16F4N4/c17-14-10-13(3-5-21-14)24-8-6-23(7-9-24)11-12-2-1-4-22-15(12)16(18,19)20/h1-5,10H,6-9,11H2. The van der Waals surface area contributed by atoms with Gasteiger partial charge in [-0.05, 0) is 17.7 Å². The normalized spacial score (nSPS) is 16.4. The Balaban J connectivity index is 1.64. The van der Waals surface area contributed by atoms with Gasteiger partial charge in [-0.25, -0.2) is 4.98 Å². The molecule has 0 N–H and O–H groups in total. The summed E-state index contributed by atoms with van der Waals surface area (Å²) in [6.07, 6.45) is -1.89. The first kappa shape index (κ1) is 16.6. The molecule has 0 aliphatic carbocycles. The predicted octanol–water partition coefficient (Wildman–Crippen LogP) is 2.96. The van der Waals surface area contributed by atoms with Crippen molar-refractivity contribution in [3.05, 3.63) is 53.9 Å². The molecule has 0 unspecified atom stereocenters. The summed E-state index contributed by atoms with van der Waals surface area (Å²) >= 11 is 0. The largest absolute Gasteiger partial charge is 0.433 e. The van der Waals surface area contributed by atoms with E-state index in [9.17, 15) is 17.6 Å². The van der Waals surface area contributed by atoms with Crippen molar-refractivity contribution < 1.29 is 17.6 Å². The van der Waals surface area contributed by atoms with Gasteiger partial charge in [0.05, 0.1) is 0 Å². The molecule has 1 saturated heterocycles. The second-order valence-corrected chi connectivity index (χ2v) is 5.61. The molecule has 4 nitrogen and oxygen atoms in total. The van der Waals surface area contributed by atoms with E-state index in [1.165, 1.54) is 24.4 Å². The van der Waals surface area contributed by atoms with Gasteiger partial charge in [-0.1, -0.05) is 6.07 Å². The van der Waals surface area contributed by atoms with Crippen LogP contribution in [-0.2, 0) is 12.7 Å². The summed E-state index contributed by atoms with van der Waals surface area (Å²) in [5.74, 6) is -0.542. The van der Waals surface area contributed by atoms with Gasteiger partial charge in [0, 0.05) is 56.9 Å². The minimum absolute atomic E-state index is 0.174. The number of hydrogen-bond donors (Lipinski definition) is 0. The van der Waals surface area contributed by atoms with E-state index in [0.29, 0.717) is 26.2 Å². The number of anilines is 1. The predicted molar refractivity (Wildman–Crippen MR) is 80.9 cm³/mol. The molecular weight excluding hydrogens is 324 g/mol. The number of hydrogen-bond acceptors (Lipinski definition) is 4. The second-order valence-electron chi connectivity index (χ2n) is 5.61. The molecule has 0 aromatic carbocycles. The van der Waals surface area contributed by atoms with E-state index in [-0.39, 0.29) is 12.1 Å². The molecule has 3 heterocycles. The van der Waals surface area contributed by atoms with E-state index in [2.05, 4.69) is 9.97 Å². The summed E-state index contributed by atoms with van der Waals surface area (Å²) < 4.78 is 52.2. The summed E-state index contributed by atoms with van der Waals surface area (Å²) in [5, 5.41) is 0. The molecule has 0 amide bonds. The van der Waals surface area contributed by atoms with Crippen LogP contribution in [0.4, 0.5) is 23.2 Å². The van der Waals surface area contributed by atoms with Crippen LogP contribution in [0, 0.1) is 5.95 Å². The lowest BCUT2D eigenvalue weighted by Gasteiger charge is -2.36. The smallest absolute Gasteiger partial charge is 0.369 e. The lowest BCUT2D eigenvalue weighted by atomic mass is 10.1. The molecule has 0 atom stereocenters. The molecule has 2 aromatic heterocycles. The highest BCUT2D eigenvalue weighted by Crippen LogP contribution is 2.30. The Labute approximate surface area is 136 Å². The zero-order valence-electron chi connectivity index (χ0n) is 12.8. The molecule has 1 aliphatic heterocycles. The fraction of sp³-hybridized carbons (Fsp3) is 0.375. The zero-order valence-corrected chi connectivity index (χ0v) is 12.8. The molecule has 3 rings (SSSR count). The Kier molecular flexibility index (Phi) is 4.66. The van der Waals surface area contributed by atoms with Crippen molar-refractivity contribution >= 4 is 5.69 Å². The number of nitrogens with zero attached hydrogens (tertiary/aromatic N) is 4. The maximum Gasteiger partial charge on any atom is 0.433 e. The van der Waals surface area contributed by atoms with Crippen LogP contribution >= 0.6 is 0 Å². The van der Waals surface area contributed by atoms with Gasteiger partial charge in [0.25, 0.3) is 0 Å². The highest BCUT2D eigenvalue weighted by atomic mass is 19.4. The maximum absolute atomic E-state index is 13.2. The van der Waals surface area contributed by atoms with Gasteiger partial charge in [0.2, 0.25) is 5.95 Å². The number of halogens is 4. The minimum atomic E-state index is -4.45. The van der Waals surface area contributed by atoms with Crippen molar-refractivity contribution in [2.75, 3.05) is 31.1 Å². The SMILES string of the molecule is Fc1cc(N2CCN(Cc3cccnc3C(F)(F)F)CC2)ccn1. The van der Waals surface area contributed by atoms with E-state index in [1.54, 1.807) is 6.07 Å². The Morgan fingerprint density at radius 1 is 1.00 bits per heavy atom. The fourth-order valence-electron chi connectivity index (χ4n) is 2.82. The van der Waals surface area contributed by atoms with Gasteiger partial charge in [-0.3, -0.25) is 9.88 Å². The molecule has 0 bridgehead atoms. The van der Waals surface area contributed by atoms with Crippen molar-refractivity contribution in [2.45, 2.75) is 12.7 Å². The van der Waals surface area contributed by atoms with Crippen molar-refractivity contribution in [2.24, 2.45) is 0 Å². The van der Waals surface area contributed by atoms with Crippen LogP contribution in [0.25, 0.3) is 0 Å². The molecule has 0 radical (unpaired) electrons. The summed E-state index contributed by atoms with van der Waals surface area (Å²) in [6, 6.07) is 6.06. The number of piperazine rings is 1. The second kappa shape index (κ2) is 6.72. The monoisotopic (exact) mass is 340 g/mol. The van der Waals surface area contributed by atoms with E-state index in [1.807, 2.05) is 9.80 Å². The van der Waals surface area contributed by atoms with Crippen molar-refractivity contribution in [3.8, 4) is 0 Å². The van der Waals surface area contributed by atoms with Crippen molar-refractivity contribution in [3.63, 3.8) is 0 Å². The molecule has 0 saturated carbocycles. The van der Waals surface area contributed by atoms with Gasteiger partial charge < -0.3 is 4.90 Å². The Bertz CT molecular complexity index is 696. The third kappa shape index (κ3) is 3.81. The topological polar surface area (TPSA) is 32.3 Å². The summed E-state index contributed by atoms with van der Waals surface area (Å²) in [5.41, 5.74) is 0.0801. The molecule has 8 heteroatoms. The van der Waals surface area contributed by atoms with Gasteiger partial charge in [0.15, 0.2) is 0 Å². The molecule has 1 fully saturated rings. The Hall–Kier alpha value is -2.22. The van der Waals surface area contributed by atoms with Crippen LogP contribution in [0.15, 0.2) is 36.7 Å². The lowest BCUT2D eigenvalue weighted by molar-refractivity contribution is -0.142. The average molecular weight is 340 g/mol. The third-order valence-electron chi connectivity index (χ3n) is 4.00. The van der Waals surface area contributed by atoms with E-state index in [4.69, 9.17) is 0 Å². The van der Waals surface area contributed by atoms with E-state index in [0.717, 1.165) is 11.9 Å². The van der Waals surface area contributed by atoms with Gasteiger partial charge in [-0.15, -0.1) is 0 Å². The average Bonchev–Trinajstić information content (AvgIpc) is 2.55. The van der Waals surface area contributed by atoms with Gasteiger partial charge in [-0.2, -0.15) is 17.6 Å². The van der Waals surface area contributed by atoms with Crippen LogP contribution in [0.3, 0.4) is 0 Å². The highest BCUT2D eigenvalue weighted by molar-refractivity contribution is 5.45. The highest BCUT2D eigenvalue weighted by Gasteiger charge is 2.35. The number of alkyl halides is 3. The summed E-state index contributed by atoms with van der Waals surface area (Å²) in [7, 11) is 0. The molecule has 24 heavy (non-hydrogen) atoms. The first-order chi connectivity index (χ1) is 11.4. The number of pyridine rings is 2. The number of aromatic nitrogens is 2. The molecule has 0 spiro atoms. The Morgan fingerprint density at radius 3 is 2.42 bits per heavy atom. The molecule has 2 aromatic rings. The van der Waals surface area contributed by atoms with Gasteiger partial charge in [0.1, 0.15) is 5.69 Å². The quantitative estimate of drug-likeness (QED) is 0.635. The van der Waals surface area contributed by atoms with Crippen molar-refractivity contribution in [1.82, 2.24) is 14.9 Å². The first-order valence-electron chi connectivity index (χ1n) is 7.53. The first-order valence-corrected chi connectivity index (χ1v) is 7.53. The Morgan fingerprint density at radius 2 is 1.75 bits per heavy atom. The fourth-order valence-corrected chi connectivity index (χ4v) is 2.82. The molecular formula is C16H16F4N4. The van der Waals surface area contributed by atoms with E-state index >= 15 is 0 Å². The number of rotatable bonds is 3. The van der Waals surface area contributed by atoms with Crippen LogP contribution in [0.2, 0.25) is 0 Å². The van der Waals surface area contributed by atoms with Crippen molar-refractivity contribution in [1.29, 1.82) is 0 Å². The third-order valence-corrected chi connectivity index (χ3v) is 4.00.